The van der Waals surface area contributed by atoms with Gasteiger partial charge in [0.1, 0.15) is 6.04 Å². The molecule has 14 heavy (non-hydrogen) atoms. The number of rotatable bonds is 7. The molecular formula is C9H17N3O2. The first-order valence-corrected chi connectivity index (χ1v) is 4.73. The Morgan fingerprint density at radius 3 is 2.93 bits per heavy atom. The Bertz CT molecular complexity index is 201. The summed E-state index contributed by atoms with van der Waals surface area (Å²) in [5.41, 5.74) is 5.33. The molecule has 0 saturated carbocycles. The fraction of sp³-hybridized carbons (Fsp3) is 0.778. The van der Waals surface area contributed by atoms with E-state index < -0.39 is 6.04 Å². The summed E-state index contributed by atoms with van der Waals surface area (Å²) in [6, 6.07) is 1.52. The van der Waals surface area contributed by atoms with Crippen LogP contribution in [-0.2, 0) is 9.53 Å². The van der Waals surface area contributed by atoms with E-state index in [0.717, 1.165) is 6.42 Å². The van der Waals surface area contributed by atoms with Crippen molar-refractivity contribution in [2.75, 3.05) is 19.7 Å². The predicted molar refractivity (Wildman–Crippen MR) is 52.3 cm³/mol. The Morgan fingerprint density at radius 2 is 2.43 bits per heavy atom. The third-order valence-corrected chi connectivity index (χ3v) is 1.70. The van der Waals surface area contributed by atoms with Gasteiger partial charge in [-0.2, -0.15) is 5.26 Å². The zero-order valence-electron chi connectivity index (χ0n) is 8.45. The molecule has 0 aliphatic rings. The van der Waals surface area contributed by atoms with Crippen LogP contribution in [-0.4, -0.2) is 31.7 Å². The Balaban J connectivity index is 3.95. The number of hydrogen-bond donors (Lipinski definition) is 2. The van der Waals surface area contributed by atoms with Crippen molar-refractivity contribution in [3.63, 3.8) is 0 Å². The molecule has 3 N–H and O–H groups in total. The molecular weight excluding hydrogens is 182 g/mol. The van der Waals surface area contributed by atoms with Crippen LogP contribution >= 0.6 is 0 Å². The van der Waals surface area contributed by atoms with Crippen LogP contribution < -0.4 is 11.1 Å². The minimum absolute atomic E-state index is 0.147. The first kappa shape index (κ1) is 12.9. The average molecular weight is 199 g/mol. The van der Waals surface area contributed by atoms with Gasteiger partial charge in [-0.1, -0.05) is 0 Å². The van der Waals surface area contributed by atoms with E-state index >= 15 is 0 Å². The van der Waals surface area contributed by atoms with Gasteiger partial charge in [-0.15, -0.1) is 0 Å². The third kappa shape index (κ3) is 5.51. The Labute approximate surface area is 84.2 Å². The lowest BCUT2D eigenvalue weighted by molar-refractivity contribution is -0.145. The van der Waals surface area contributed by atoms with E-state index in [1.807, 2.05) is 6.07 Å². The van der Waals surface area contributed by atoms with Gasteiger partial charge in [0.15, 0.2) is 0 Å². The van der Waals surface area contributed by atoms with Gasteiger partial charge >= 0.3 is 5.97 Å². The van der Waals surface area contributed by atoms with Crippen molar-refractivity contribution in [1.82, 2.24) is 5.32 Å². The maximum Gasteiger partial charge on any atom is 0.323 e. The normalized spacial score (nSPS) is 11.8. The van der Waals surface area contributed by atoms with Crippen LogP contribution in [0.4, 0.5) is 0 Å². The average Bonchev–Trinajstić information content (AvgIpc) is 2.18. The highest BCUT2D eigenvalue weighted by Crippen LogP contribution is 1.98. The van der Waals surface area contributed by atoms with Crippen LogP contribution in [0.5, 0.6) is 0 Å². The van der Waals surface area contributed by atoms with Gasteiger partial charge in [-0.05, 0) is 26.3 Å². The van der Waals surface area contributed by atoms with Gasteiger partial charge in [0.05, 0.1) is 19.2 Å². The zero-order valence-corrected chi connectivity index (χ0v) is 8.45. The number of nitrogens with zero attached hydrogens (tertiary/aromatic N) is 1. The maximum absolute atomic E-state index is 11.3. The largest absolute Gasteiger partial charge is 0.465 e. The molecule has 1 unspecified atom stereocenters. The van der Waals surface area contributed by atoms with E-state index in [1.165, 1.54) is 0 Å². The van der Waals surface area contributed by atoms with Crippen molar-refractivity contribution in [3.8, 4) is 6.07 Å². The molecule has 5 heteroatoms. The molecule has 0 fully saturated rings. The van der Waals surface area contributed by atoms with Crippen molar-refractivity contribution in [3.05, 3.63) is 0 Å². The lowest BCUT2D eigenvalue weighted by atomic mass is 10.1. The van der Waals surface area contributed by atoms with E-state index in [4.69, 9.17) is 15.7 Å². The van der Waals surface area contributed by atoms with Crippen molar-refractivity contribution >= 4 is 5.97 Å². The van der Waals surface area contributed by atoms with Gasteiger partial charge in [0.25, 0.3) is 0 Å². The highest BCUT2D eigenvalue weighted by Gasteiger charge is 2.17. The number of carbonyl (C=O) groups excluding carboxylic acids is 1. The van der Waals surface area contributed by atoms with Crippen molar-refractivity contribution in [2.24, 2.45) is 5.73 Å². The minimum Gasteiger partial charge on any atom is -0.465 e. The van der Waals surface area contributed by atoms with Gasteiger partial charge in [0, 0.05) is 0 Å². The second kappa shape index (κ2) is 8.48. The van der Waals surface area contributed by atoms with Crippen LogP contribution in [0.25, 0.3) is 0 Å². The Hall–Kier alpha value is -1.12. The van der Waals surface area contributed by atoms with Gasteiger partial charge in [-0.25, -0.2) is 0 Å². The molecule has 0 aliphatic heterocycles. The quantitative estimate of drug-likeness (QED) is 0.437. The molecule has 0 radical (unpaired) electrons. The van der Waals surface area contributed by atoms with Crippen LogP contribution in [0.2, 0.25) is 0 Å². The van der Waals surface area contributed by atoms with E-state index in [2.05, 4.69) is 5.32 Å². The molecule has 1 atom stereocenters. The highest BCUT2D eigenvalue weighted by molar-refractivity contribution is 5.75. The first-order chi connectivity index (χ1) is 6.76. The Morgan fingerprint density at radius 1 is 1.71 bits per heavy atom. The molecule has 0 spiro atoms. The molecule has 0 amide bonds. The van der Waals surface area contributed by atoms with Crippen LogP contribution in [0.1, 0.15) is 19.8 Å². The van der Waals surface area contributed by atoms with Gasteiger partial charge < -0.3 is 10.5 Å². The van der Waals surface area contributed by atoms with Crippen molar-refractivity contribution in [2.45, 2.75) is 25.8 Å². The number of nitrogens with one attached hydrogen (secondary N) is 1. The molecule has 0 heterocycles. The number of nitriles is 1. The summed E-state index contributed by atoms with van der Waals surface area (Å²) < 4.78 is 4.85. The summed E-state index contributed by atoms with van der Waals surface area (Å²) in [6.07, 6.45) is 1.35. The van der Waals surface area contributed by atoms with Crippen LogP contribution in [0, 0.1) is 11.3 Å². The standard InChI is InChI=1S/C9H17N3O2/c1-2-14-9(13)8(4-3-5-10)12-7-6-11/h8,12H,2-5,7,10H2,1H3. The summed E-state index contributed by atoms with van der Waals surface area (Å²) in [7, 11) is 0. The molecule has 0 aromatic heterocycles. The molecule has 0 bridgehead atoms. The SMILES string of the molecule is CCOC(=O)C(CCCN)NCC#N. The smallest absolute Gasteiger partial charge is 0.323 e. The Kier molecular flexibility index (Phi) is 7.80. The van der Waals surface area contributed by atoms with E-state index in [-0.39, 0.29) is 12.5 Å². The summed E-state index contributed by atoms with van der Waals surface area (Å²) in [6.45, 7) is 2.78. The van der Waals surface area contributed by atoms with Crippen LogP contribution in [0.3, 0.4) is 0 Å². The fourth-order valence-corrected chi connectivity index (χ4v) is 1.04. The van der Waals surface area contributed by atoms with Gasteiger partial charge in [-0.3, -0.25) is 10.1 Å². The highest BCUT2D eigenvalue weighted by atomic mass is 16.5. The topological polar surface area (TPSA) is 88.1 Å². The van der Waals surface area contributed by atoms with Crippen LogP contribution in [0.15, 0.2) is 0 Å². The number of esters is 1. The minimum atomic E-state index is -0.404. The molecule has 0 rings (SSSR count). The van der Waals surface area contributed by atoms with E-state index in [9.17, 15) is 4.79 Å². The maximum atomic E-state index is 11.3. The molecule has 5 nitrogen and oxygen atoms in total. The number of nitrogens with two attached hydrogens (primary N) is 1. The predicted octanol–water partition coefficient (Wildman–Crippen LogP) is -0.230. The lowest BCUT2D eigenvalue weighted by Crippen LogP contribution is -2.38. The molecule has 0 aromatic carbocycles. The van der Waals surface area contributed by atoms with E-state index in [0.29, 0.717) is 19.6 Å². The second-order valence-corrected chi connectivity index (χ2v) is 2.77. The summed E-state index contributed by atoms with van der Waals surface area (Å²) in [5, 5.41) is 11.2. The zero-order chi connectivity index (χ0) is 10.8. The summed E-state index contributed by atoms with van der Waals surface area (Å²) in [4.78, 5) is 11.3. The first-order valence-electron chi connectivity index (χ1n) is 4.73. The third-order valence-electron chi connectivity index (χ3n) is 1.70. The fourth-order valence-electron chi connectivity index (χ4n) is 1.04. The molecule has 0 saturated heterocycles. The van der Waals surface area contributed by atoms with Crippen molar-refractivity contribution in [1.29, 1.82) is 5.26 Å². The number of carbonyl (C=O) groups is 1. The molecule has 0 aromatic rings. The van der Waals surface area contributed by atoms with Crippen molar-refractivity contribution < 1.29 is 9.53 Å². The molecule has 0 aliphatic carbocycles. The second-order valence-electron chi connectivity index (χ2n) is 2.77. The lowest BCUT2D eigenvalue weighted by Gasteiger charge is -2.14. The molecule has 80 valence electrons. The summed E-state index contributed by atoms with van der Waals surface area (Å²) >= 11 is 0. The monoisotopic (exact) mass is 199 g/mol. The summed E-state index contributed by atoms with van der Waals surface area (Å²) in [5.74, 6) is -0.309. The number of hydrogen-bond acceptors (Lipinski definition) is 5. The number of ether oxygens (including phenoxy) is 1. The van der Waals surface area contributed by atoms with E-state index in [1.54, 1.807) is 6.92 Å². The van der Waals surface area contributed by atoms with Gasteiger partial charge in [0.2, 0.25) is 0 Å².